The predicted molar refractivity (Wildman–Crippen MR) is 52.9 cm³/mol. The molecule has 0 amide bonds. The zero-order valence-corrected chi connectivity index (χ0v) is 7.28. The predicted octanol–water partition coefficient (Wildman–Crippen LogP) is 0.156. The zero-order chi connectivity index (χ0) is 9.42. The van der Waals surface area contributed by atoms with Crippen LogP contribution in [-0.2, 0) is 0 Å². The number of aromatic amines is 1. The first-order valence-corrected chi connectivity index (χ1v) is 4.13. The van der Waals surface area contributed by atoms with Gasteiger partial charge in [-0.3, -0.25) is 0 Å². The summed E-state index contributed by atoms with van der Waals surface area (Å²) in [6.45, 7) is 1.86. The molecule has 0 saturated carbocycles. The molecule has 0 radical (unpaired) electrons. The fourth-order valence-corrected chi connectivity index (χ4v) is 1.61. The Balaban J connectivity index is 2.80. The van der Waals surface area contributed by atoms with E-state index in [1.54, 1.807) is 6.20 Å². The molecule has 3 N–H and O–H groups in total. The highest BCUT2D eigenvalue weighted by Gasteiger charge is 2.17. The monoisotopic (exact) mass is 175 g/mol. The molecule has 2 rings (SSSR count). The van der Waals surface area contributed by atoms with Crippen molar-refractivity contribution >= 4 is 23.5 Å². The van der Waals surface area contributed by atoms with Gasteiger partial charge in [0.2, 0.25) is 0 Å². The molecule has 0 saturated heterocycles. The van der Waals surface area contributed by atoms with Crippen molar-refractivity contribution in [1.29, 1.82) is 0 Å². The quantitative estimate of drug-likeness (QED) is 0.540. The number of fused-ring (bicyclic) bond motifs is 1. The van der Waals surface area contributed by atoms with Crippen LogP contribution in [0.15, 0.2) is 24.4 Å². The van der Waals surface area contributed by atoms with E-state index in [-0.39, 0.29) is 0 Å². The van der Waals surface area contributed by atoms with Crippen LogP contribution < -0.4 is 5.46 Å². The largest absolute Gasteiger partial charge is 0.489 e. The SMILES string of the molecule is Cc1ccc2[nH]ccc2c1B(O)O. The maximum Gasteiger partial charge on any atom is 0.489 e. The van der Waals surface area contributed by atoms with E-state index in [2.05, 4.69) is 4.98 Å². The number of hydrogen-bond acceptors (Lipinski definition) is 2. The summed E-state index contributed by atoms with van der Waals surface area (Å²) >= 11 is 0. The molecule has 2 aromatic rings. The topological polar surface area (TPSA) is 56.2 Å². The van der Waals surface area contributed by atoms with Gasteiger partial charge in [0, 0.05) is 11.7 Å². The highest BCUT2D eigenvalue weighted by Crippen LogP contribution is 2.11. The van der Waals surface area contributed by atoms with E-state index < -0.39 is 7.12 Å². The Morgan fingerprint density at radius 3 is 2.69 bits per heavy atom. The standard InChI is InChI=1S/C9H10BNO2/c1-6-2-3-8-7(4-5-11-8)9(6)10(12)13/h2-5,11-13H,1H3. The highest BCUT2D eigenvalue weighted by molar-refractivity contribution is 6.62. The highest BCUT2D eigenvalue weighted by atomic mass is 16.4. The second-order valence-corrected chi connectivity index (χ2v) is 3.11. The molecule has 0 fully saturated rings. The Labute approximate surface area is 76.2 Å². The lowest BCUT2D eigenvalue weighted by atomic mass is 9.75. The van der Waals surface area contributed by atoms with Crippen LogP contribution >= 0.6 is 0 Å². The summed E-state index contributed by atoms with van der Waals surface area (Å²) < 4.78 is 0. The van der Waals surface area contributed by atoms with Crippen molar-refractivity contribution < 1.29 is 10.0 Å². The van der Waals surface area contributed by atoms with Crippen LogP contribution in [0.3, 0.4) is 0 Å². The van der Waals surface area contributed by atoms with Gasteiger partial charge in [0.1, 0.15) is 0 Å². The van der Waals surface area contributed by atoms with Gasteiger partial charge in [-0.25, -0.2) is 0 Å². The van der Waals surface area contributed by atoms with Crippen LogP contribution in [0.5, 0.6) is 0 Å². The molecule has 0 aliphatic heterocycles. The minimum absolute atomic E-state index is 0.582. The van der Waals surface area contributed by atoms with Gasteiger partial charge >= 0.3 is 7.12 Å². The van der Waals surface area contributed by atoms with Crippen LogP contribution in [0.25, 0.3) is 10.9 Å². The van der Waals surface area contributed by atoms with Crippen molar-refractivity contribution in [1.82, 2.24) is 4.98 Å². The van der Waals surface area contributed by atoms with Crippen molar-refractivity contribution in [2.45, 2.75) is 6.92 Å². The third-order valence-electron chi connectivity index (χ3n) is 2.25. The van der Waals surface area contributed by atoms with E-state index in [1.807, 2.05) is 25.1 Å². The Kier molecular flexibility index (Phi) is 1.86. The average Bonchev–Trinajstić information content (AvgIpc) is 2.50. The zero-order valence-electron chi connectivity index (χ0n) is 7.28. The van der Waals surface area contributed by atoms with E-state index in [9.17, 15) is 0 Å². The number of aromatic nitrogens is 1. The maximum absolute atomic E-state index is 9.16. The number of nitrogens with one attached hydrogen (secondary N) is 1. The van der Waals surface area contributed by atoms with E-state index in [0.717, 1.165) is 16.5 Å². The maximum atomic E-state index is 9.16. The molecule has 0 unspecified atom stereocenters. The van der Waals surface area contributed by atoms with Crippen molar-refractivity contribution in [2.75, 3.05) is 0 Å². The smallest absolute Gasteiger partial charge is 0.423 e. The third-order valence-corrected chi connectivity index (χ3v) is 2.25. The lowest BCUT2D eigenvalue weighted by Crippen LogP contribution is -2.32. The molecule has 66 valence electrons. The van der Waals surface area contributed by atoms with Gasteiger partial charge in [-0.1, -0.05) is 11.6 Å². The van der Waals surface area contributed by atoms with E-state index in [4.69, 9.17) is 10.0 Å². The minimum atomic E-state index is -1.40. The molecule has 1 heterocycles. The Bertz CT molecular complexity index is 436. The van der Waals surface area contributed by atoms with E-state index in [0.29, 0.717) is 5.46 Å². The summed E-state index contributed by atoms with van der Waals surface area (Å²) in [5, 5.41) is 19.2. The summed E-state index contributed by atoms with van der Waals surface area (Å²) in [4.78, 5) is 3.02. The molecule has 3 nitrogen and oxygen atoms in total. The second-order valence-electron chi connectivity index (χ2n) is 3.11. The first kappa shape index (κ1) is 8.35. The third kappa shape index (κ3) is 1.24. The Morgan fingerprint density at radius 1 is 1.23 bits per heavy atom. The van der Waals surface area contributed by atoms with Crippen LogP contribution in [0.2, 0.25) is 0 Å². The van der Waals surface area contributed by atoms with Crippen molar-refractivity contribution in [2.24, 2.45) is 0 Å². The number of H-pyrrole nitrogens is 1. The van der Waals surface area contributed by atoms with Crippen LogP contribution in [-0.4, -0.2) is 22.2 Å². The Hall–Kier alpha value is -1.26. The summed E-state index contributed by atoms with van der Waals surface area (Å²) in [7, 11) is -1.40. The summed E-state index contributed by atoms with van der Waals surface area (Å²) in [5.41, 5.74) is 2.40. The van der Waals surface area contributed by atoms with Crippen molar-refractivity contribution in [3.05, 3.63) is 30.0 Å². The summed E-state index contributed by atoms with van der Waals surface area (Å²) in [6, 6.07) is 5.64. The van der Waals surface area contributed by atoms with Crippen LogP contribution in [0.1, 0.15) is 5.56 Å². The number of benzene rings is 1. The molecule has 1 aromatic carbocycles. The number of hydrogen-bond donors (Lipinski definition) is 3. The van der Waals surface area contributed by atoms with Gasteiger partial charge < -0.3 is 15.0 Å². The first-order valence-electron chi connectivity index (χ1n) is 4.13. The number of aryl methyl sites for hydroxylation is 1. The first-order chi connectivity index (χ1) is 6.20. The summed E-state index contributed by atoms with van der Waals surface area (Å²) in [6.07, 6.45) is 1.79. The van der Waals surface area contributed by atoms with Gasteiger partial charge in [-0.05, 0) is 29.9 Å². The molecule has 0 aliphatic rings. The second kappa shape index (κ2) is 2.90. The van der Waals surface area contributed by atoms with Crippen LogP contribution in [0, 0.1) is 6.92 Å². The Morgan fingerprint density at radius 2 is 2.00 bits per heavy atom. The molecule has 1 aromatic heterocycles. The van der Waals surface area contributed by atoms with E-state index in [1.165, 1.54) is 0 Å². The fourth-order valence-electron chi connectivity index (χ4n) is 1.61. The van der Waals surface area contributed by atoms with E-state index >= 15 is 0 Å². The van der Waals surface area contributed by atoms with Crippen LogP contribution in [0.4, 0.5) is 0 Å². The van der Waals surface area contributed by atoms with Gasteiger partial charge in [-0.15, -0.1) is 0 Å². The van der Waals surface area contributed by atoms with Gasteiger partial charge in [-0.2, -0.15) is 0 Å². The molecule has 0 atom stereocenters. The van der Waals surface area contributed by atoms with Crippen molar-refractivity contribution in [3.63, 3.8) is 0 Å². The molecule has 0 bridgehead atoms. The lowest BCUT2D eigenvalue weighted by molar-refractivity contribution is 0.426. The lowest BCUT2D eigenvalue weighted by Gasteiger charge is -2.05. The van der Waals surface area contributed by atoms with Crippen molar-refractivity contribution in [3.8, 4) is 0 Å². The average molecular weight is 175 g/mol. The summed E-state index contributed by atoms with van der Waals surface area (Å²) in [5.74, 6) is 0. The molecule has 4 heteroatoms. The molecule has 13 heavy (non-hydrogen) atoms. The fraction of sp³-hybridized carbons (Fsp3) is 0.111. The minimum Gasteiger partial charge on any atom is -0.423 e. The molecular formula is C9H10BNO2. The van der Waals surface area contributed by atoms with Gasteiger partial charge in [0.25, 0.3) is 0 Å². The number of rotatable bonds is 1. The molecule has 0 aliphatic carbocycles. The van der Waals surface area contributed by atoms with Gasteiger partial charge in [0.15, 0.2) is 0 Å². The molecule has 0 spiro atoms. The van der Waals surface area contributed by atoms with Gasteiger partial charge in [0.05, 0.1) is 0 Å². The molecular weight excluding hydrogens is 165 g/mol. The normalized spacial score (nSPS) is 10.7.